The van der Waals surface area contributed by atoms with Crippen LogP contribution in [0.25, 0.3) is 10.8 Å². The monoisotopic (exact) mass is 366 g/mol. The molecule has 0 radical (unpaired) electrons. The number of amides is 1. The van der Waals surface area contributed by atoms with Crippen LogP contribution in [0, 0.1) is 0 Å². The van der Waals surface area contributed by atoms with Crippen molar-refractivity contribution < 1.29 is 9.90 Å². The molecule has 1 amide bonds. The molecular formula is C18H23ClN2O2S. The van der Waals surface area contributed by atoms with Gasteiger partial charge in [-0.1, -0.05) is 42.5 Å². The Morgan fingerprint density at radius 1 is 1.25 bits per heavy atom. The van der Waals surface area contributed by atoms with Gasteiger partial charge in [-0.2, -0.15) is 11.8 Å². The summed E-state index contributed by atoms with van der Waals surface area (Å²) in [4.78, 5) is 11.9. The van der Waals surface area contributed by atoms with Crippen LogP contribution in [0.5, 0.6) is 0 Å². The van der Waals surface area contributed by atoms with Gasteiger partial charge in [0.2, 0.25) is 5.91 Å². The van der Waals surface area contributed by atoms with Gasteiger partial charge < -0.3 is 15.7 Å². The third-order valence-corrected chi connectivity index (χ3v) is 5.12. The number of halogens is 1. The molecule has 24 heavy (non-hydrogen) atoms. The van der Waals surface area contributed by atoms with Gasteiger partial charge in [0.1, 0.15) is 0 Å². The summed E-state index contributed by atoms with van der Waals surface area (Å²) in [6.45, 7) is 1.16. The largest absolute Gasteiger partial charge is 0.392 e. The van der Waals surface area contributed by atoms with E-state index >= 15 is 0 Å². The van der Waals surface area contributed by atoms with E-state index in [0.29, 0.717) is 19.5 Å². The fourth-order valence-corrected chi connectivity index (χ4v) is 3.75. The number of fused-ring (bicyclic) bond motifs is 1. The second kappa shape index (κ2) is 9.28. The van der Waals surface area contributed by atoms with E-state index in [1.165, 1.54) is 16.3 Å². The molecule has 3 rings (SSSR count). The van der Waals surface area contributed by atoms with E-state index in [9.17, 15) is 9.90 Å². The predicted molar refractivity (Wildman–Crippen MR) is 103 cm³/mol. The number of rotatable bonds is 6. The van der Waals surface area contributed by atoms with Gasteiger partial charge in [-0.3, -0.25) is 4.79 Å². The number of hydrogen-bond donors (Lipinski definition) is 3. The number of benzene rings is 2. The lowest BCUT2D eigenvalue weighted by Crippen LogP contribution is -2.41. The van der Waals surface area contributed by atoms with Crippen LogP contribution in [-0.2, 0) is 10.5 Å². The number of aliphatic hydroxyl groups excluding tert-OH is 1. The molecule has 2 atom stereocenters. The highest BCUT2D eigenvalue weighted by molar-refractivity contribution is 7.98. The van der Waals surface area contributed by atoms with Gasteiger partial charge in [-0.05, 0) is 22.8 Å². The Morgan fingerprint density at radius 2 is 2.04 bits per heavy atom. The molecule has 1 fully saturated rings. The number of aliphatic hydroxyl groups is 1. The van der Waals surface area contributed by atoms with Crippen molar-refractivity contribution in [2.75, 3.05) is 18.8 Å². The van der Waals surface area contributed by atoms with E-state index in [1.807, 2.05) is 11.8 Å². The van der Waals surface area contributed by atoms with Gasteiger partial charge in [0.05, 0.1) is 12.1 Å². The fraction of sp³-hybridized carbons (Fsp3) is 0.389. The summed E-state index contributed by atoms with van der Waals surface area (Å²) in [5.41, 5.74) is 1.33. The molecule has 1 aliphatic heterocycles. The lowest BCUT2D eigenvalue weighted by molar-refractivity contribution is -0.122. The zero-order valence-corrected chi connectivity index (χ0v) is 15.0. The van der Waals surface area contributed by atoms with E-state index in [4.69, 9.17) is 0 Å². The van der Waals surface area contributed by atoms with Gasteiger partial charge in [0.15, 0.2) is 0 Å². The third kappa shape index (κ3) is 4.86. The van der Waals surface area contributed by atoms with Crippen molar-refractivity contribution >= 4 is 40.8 Å². The van der Waals surface area contributed by atoms with Crippen molar-refractivity contribution in [2.24, 2.45) is 0 Å². The SMILES string of the molecule is Cl.O=C(NCCSCc1cccc2ccccc12)C1CC(O)CN1. The molecule has 4 nitrogen and oxygen atoms in total. The van der Waals surface area contributed by atoms with Gasteiger partial charge in [-0.25, -0.2) is 0 Å². The summed E-state index contributed by atoms with van der Waals surface area (Å²) >= 11 is 1.82. The maximum atomic E-state index is 11.9. The molecule has 3 N–H and O–H groups in total. The molecule has 6 heteroatoms. The smallest absolute Gasteiger partial charge is 0.237 e. The Hall–Kier alpha value is -1.27. The van der Waals surface area contributed by atoms with E-state index < -0.39 is 6.10 Å². The number of carbonyl (C=O) groups excluding carboxylic acids is 1. The third-order valence-electron chi connectivity index (χ3n) is 4.11. The topological polar surface area (TPSA) is 61.4 Å². The molecule has 0 aromatic heterocycles. The quantitative estimate of drug-likeness (QED) is 0.687. The summed E-state index contributed by atoms with van der Waals surface area (Å²) in [5.74, 6) is 1.81. The van der Waals surface area contributed by atoms with E-state index in [2.05, 4.69) is 53.1 Å². The van der Waals surface area contributed by atoms with Crippen LogP contribution in [-0.4, -0.2) is 42.0 Å². The highest BCUT2D eigenvalue weighted by Crippen LogP contribution is 2.22. The first kappa shape index (κ1) is 19.1. The average molecular weight is 367 g/mol. The molecule has 2 aromatic rings. The highest BCUT2D eigenvalue weighted by atomic mass is 35.5. The Bertz CT molecular complexity index is 678. The van der Waals surface area contributed by atoms with Crippen LogP contribution in [0.4, 0.5) is 0 Å². The Kier molecular flexibility index (Phi) is 7.37. The molecule has 0 aliphatic carbocycles. The van der Waals surface area contributed by atoms with Crippen LogP contribution < -0.4 is 10.6 Å². The number of carbonyl (C=O) groups is 1. The predicted octanol–water partition coefficient (Wildman–Crippen LogP) is 2.33. The molecule has 2 aromatic carbocycles. The molecule has 130 valence electrons. The van der Waals surface area contributed by atoms with Crippen LogP contribution in [0.2, 0.25) is 0 Å². The standard InChI is InChI=1S/C18H22N2O2S.ClH/c21-15-10-17(20-11-15)18(22)19-8-9-23-12-14-6-3-5-13-4-1-2-7-16(13)14;/h1-7,15,17,20-21H,8-12H2,(H,19,22);1H. The number of hydrogen-bond acceptors (Lipinski definition) is 4. The fourth-order valence-electron chi connectivity index (χ4n) is 2.89. The Labute approximate surface area is 152 Å². The maximum Gasteiger partial charge on any atom is 0.237 e. The molecular weight excluding hydrogens is 344 g/mol. The molecule has 1 heterocycles. The van der Waals surface area contributed by atoms with Gasteiger partial charge in [0, 0.05) is 24.6 Å². The minimum atomic E-state index is -0.397. The molecule has 0 spiro atoms. The number of thioether (sulfide) groups is 1. The van der Waals surface area contributed by atoms with Crippen molar-refractivity contribution in [1.29, 1.82) is 0 Å². The molecule has 0 saturated carbocycles. The highest BCUT2D eigenvalue weighted by Gasteiger charge is 2.27. The van der Waals surface area contributed by atoms with Crippen molar-refractivity contribution in [2.45, 2.75) is 24.3 Å². The second-order valence-electron chi connectivity index (χ2n) is 5.83. The van der Waals surface area contributed by atoms with Gasteiger partial charge in [0.25, 0.3) is 0 Å². The van der Waals surface area contributed by atoms with E-state index in [1.54, 1.807) is 0 Å². The van der Waals surface area contributed by atoms with Crippen molar-refractivity contribution in [3.05, 3.63) is 48.0 Å². The van der Waals surface area contributed by atoms with Crippen molar-refractivity contribution in [1.82, 2.24) is 10.6 Å². The zero-order chi connectivity index (χ0) is 16.1. The second-order valence-corrected chi connectivity index (χ2v) is 6.94. The number of nitrogens with one attached hydrogen (secondary N) is 2. The first-order chi connectivity index (χ1) is 11.2. The van der Waals surface area contributed by atoms with Crippen molar-refractivity contribution in [3.8, 4) is 0 Å². The Morgan fingerprint density at radius 3 is 2.83 bits per heavy atom. The summed E-state index contributed by atoms with van der Waals surface area (Å²) in [7, 11) is 0. The summed E-state index contributed by atoms with van der Waals surface area (Å²) < 4.78 is 0. The minimum absolute atomic E-state index is 0. The van der Waals surface area contributed by atoms with Crippen LogP contribution >= 0.6 is 24.2 Å². The van der Waals surface area contributed by atoms with E-state index in [0.717, 1.165) is 11.5 Å². The van der Waals surface area contributed by atoms with E-state index in [-0.39, 0.29) is 24.4 Å². The number of β-amino-alcohol motifs (C(OH)–C–C–N with tert-alkyl or cyclic N) is 1. The van der Waals surface area contributed by atoms with Crippen LogP contribution in [0.1, 0.15) is 12.0 Å². The molecule has 1 saturated heterocycles. The van der Waals surface area contributed by atoms with Gasteiger partial charge >= 0.3 is 0 Å². The summed E-state index contributed by atoms with van der Waals surface area (Å²) in [6, 6.07) is 14.6. The lowest BCUT2D eigenvalue weighted by Gasteiger charge is -2.11. The zero-order valence-electron chi connectivity index (χ0n) is 13.4. The summed E-state index contributed by atoms with van der Waals surface area (Å²) in [6.07, 6.45) is 0.112. The average Bonchev–Trinajstić information content (AvgIpc) is 3.01. The Balaban J connectivity index is 0.00000208. The summed E-state index contributed by atoms with van der Waals surface area (Å²) in [5, 5.41) is 18.0. The molecule has 1 aliphatic rings. The molecule has 0 bridgehead atoms. The first-order valence-corrected chi connectivity index (χ1v) is 9.13. The maximum absolute atomic E-state index is 11.9. The molecule has 2 unspecified atom stereocenters. The van der Waals surface area contributed by atoms with Crippen LogP contribution in [0.15, 0.2) is 42.5 Å². The normalized spacial score (nSPS) is 19.9. The van der Waals surface area contributed by atoms with Crippen molar-refractivity contribution in [3.63, 3.8) is 0 Å². The van der Waals surface area contributed by atoms with Crippen LogP contribution in [0.3, 0.4) is 0 Å². The first-order valence-electron chi connectivity index (χ1n) is 7.97. The lowest BCUT2D eigenvalue weighted by atomic mass is 10.1. The minimum Gasteiger partial charge on any atom is -0.392 e. The van der Waals surface area contributed by atoms with Gasteiger partial charge in [-0.15, -0.1) is 12.4 Å².